The normalized spacial score (nSPS) is 21.6. The lowest BCUT2D eigenvalue weighted by molar-refractivity contribution is -0.123. The summed E-state index contributed by atoms with van der Waals surface area (Å²) in [7, 11) is -3.58. The Morgan fingerprint density at radius 1 is 1.25 bits per heavy atom. The fourth-order valence-electron chi connectivity index (χ4n) is 3.43. The Hall–Kier alpha value is -1.51. The van der Waals surface area contributed by atoms with Crippen molar-refractivity contribution in [2.24, 2.45) is 11.7 Å². The van der Waals surface area contributed by atoms with E-state index in [2.05, 4.69) is 4.90 Å². The molecule has 8 heteroatoms. The maximum absolute atomic E-state index is 13.2. The van der Waals surface area contributed by atoms with E-state index in [-0.39, 0.29) is 22.8 Å². The first-order valence-electron chi connectivity index (χ1n) is 8.08. The van der Waals surface area contributed by atoms with Crippen LogP contribution in [0.25, 0.3) is 0 Å². The second-order valence-electron chi connectivity index (χ2n) is 6.60. The minimum atomic E-state index is -3.58. The van der Waals surface area contributed by atoms with Gasteiger partial charge in [0.1, 0.15) is 5.82 Å². The van der Waals surface area contributed by atoms with Crippen molar-refractivity contribution in [3.05, 3.63) is 29.6 Å². The van der Waals surface area contributed by atoms with Crippen molar-refractivity contribution in [1.82, 2.24) is 9.21 Å². The standard InChI is InChI=1S/C16H22FN3O3S/c1-11-8-13(17)2-3-15(11)24(22,23)20-9-14(10-20)19-6-4-12(5-7-19)16(18)21/h2-3,8,12,14H,4-7,9-10H2,1H3,(H2,18,21). The van der Waals surface area contributed by atoms with Gasteiger partial charge in [0.25, 0.3) is 0 Å². The molecule has 2 aliphatic heterocycles. The quantitative estimate of drug-likeness (QED) is 0.862. The van der Waals surface area contributed by atoms with Crippen LogP contribution in [-0.4, -0.2) is 55.8 Å². The molecular weight excluding hydrogens is 333 g/mol. The lowest BCUT2D eigenvalue weighted by Gasteiger charge is -2.46. The number of sulfonamides is 1. The molecule has 1 amide bonds. The molecule has 0 radical (unpaired) electrons. The molecule has 2 aliphatic rings. The van der Waals surface area contributed by atoms with Gasteiger partial charge in [0.2, 0.25) is 15.9 Å². The number of halogens is 1. The molecule has 2 fully saturated rings. The number of primary amides is 1. The van der Waals surface area contributed by atoms with Crippen LogP contribution in [-0.2, 0) is 14.8 Å². The van der Waals surface area contributed by atoms with Gasteiger partial charge < -0.3 is 5.73 Å². The number of carbonyl (C=O) groups is 1. The summed E-state index contributed by atoms with van der Waals surface area (Å²) in [6.07, 6.45) is 1.46. The molecule has 0 bridgehead atoms. The Morgan fingerprint density at radius 3 is 2.42 bits per heavy atom. The minimum absolute atomic E-state index is 0.0666. The van der Waals surface area contributed by atoms with Gasteiger partial charge in [0, 0.05) is 25.0 Å². The van der Waals surface area contributed by atoms with Gasteiger partial charge in [0.05, 0.1) is 4.90 Å². The zero-order chi connectivity index (χ0) is 17.5. The predicted octanol–water partition coefficient (Wildman–Crippen LogP) is 0.704. The van der Waals surface area contributed by atoms with Crippen LogP contribution >= 0.6 is 0 Å². The van der Waals surface area contributed by atoms with Crippen molar-refractivity contribution < 1.29 is 17.6 Å². The molecule has 0 atom stereocenters. The van der Waals surface area contributed by atoms with E-state index in [4.69, 9.17) is 5.73 Å². The highest BCUT2D eigenvalue weighted by molar-refractivity contribution is 7.89. The van der Waals surface area contributed by atoms with Crippen molar-refractivity contribution in [3.63, 3.8) is 0 Å². The molecule has 0 aromatic heterocycles. The van der Waals surface area contributed by atoms with E-state index in [9.17, 15) is 17.6 Å². The van der Waals surface area contributed by atoms with E-state index in [0.717, 1.165) is 25.9 Å². The highest BCUT2D eigenvalue weighted by atomic mass is 32.2. The van der Waals surface area contributed by atoms with Crippen LogP contribution < -0.4 is 5.73 Å². The van der Waals surface area contributed by atoms with E-state index in [0.29, 0.717) is 18.7 Å². The SMILES string of the molecule is Cc1cc(F)ccc1S(=O)(=O)N1CC(N2CCC(C(N)=O)CC2)C1. The van der Waals surface area contributed by atoms with Gasteiger partial charge in [-0.1, -0.05) is 0 Å². The number of nitrogens with zero attached hydrogens (tertiary/aromatic N) is 2. The first-order valence-corrected chi connectivity index (χ1v) is 9.52. The molecule has 132 valence electrons. The first-order chi connectivity index (χ1) is 11.3. The smallest absolute Gasteiger partial charge is 0.243 e. The average molecular weight is 355 g/mol. The van der Waals surface area contributed by atoms with Crippen molar-refractivity contribution >= 4 is 15.9 Å². The molecule has 1 aromatic rings. The highest BCUT2D eigenvalue weighted by Gasteiger charge is 2.41. The second-order valence-corrected chi connectivity index (χ2v) is 8.50. The number of benzene rings is 1. The Balaban J connectivity index is 1.61. The van der Waals surface area contributed by atoms with Crippen LogP contribution in [0.1, 0.15) is 18.4 Å². The monoisotopic (exact) mass is 355 g/mol. The van der Waals surface area contributed by atoms with Crippen LogP contribution in [0.15, 0.2) is 23.1 Å². The summed E-state index contributed by atoms with van der Waals surface area (Å²) < 4.78 is 39.9. The summed E-state index contributed by atoms with van der Waals surface area (Å²) in [5.74, 6) is -0.757. The molecule has 6 nitrogen and oxygen atoms in total. The number of amides is 1. The lowest BCUT2D eigenvalue weighted by Crippen LogP contribution is -2.62. The molecule has 0 aliphatic carbocycles. The molecule has 0 spiro atoms. The highest BCUT2D eigenvalue weighted by Crippen LogP contribution is 2.29. The van der Waals surface area contributed by atoms with Crippen LogP contribution in [0.2, 0.25) is 0 Å². The van der Waals surface area contributed by atoms with Gasteiger partial charge in [-0.15, -0.1) is 0 Å². The lowest BCUT2D eigenvalue weighted by atomic mass is 9.94. The molecule has 0 unspecified atom stereocenters. The van der Waals surface area contributed by atoms with E-state index in [1.165, 1.54) is 22.5 Å². The van der Waals surface area contributed by atoms with E-state index in [1.807, 2.05) is 0 Å². The number of carbonyl (C=O) groups excluding carboxylic acids is 1. The summed E-state index contributed by atoms with van der Waals surface area (Å²) in [5, 5.41) is 0. The number of piperidine rings is 1. The molecule has 2 saturated heterocycles. The number of hydrogen-bond acceptors (Lipinski definition) is 4. The van der Waals surface area contributed by atoms with Crippen molar-refractivity contribution in [1.29, 1.82) is 0 Å². The summed E-state index contributed by atoms with van der Waals surface area (Å²) in [4.78, 5) is 13.6. The molecular formula is C16H22FN3O3S. The fourth-order valence-corrected chi connectivity index (χ4v) is 5.15. The van der Waals surface area contributed by atoms with Crippen LogP contribution in [0, 0.1) is 18.7 Å². The summed E-state index contributed by atoms with van der Waals surface area (Å²) in [6, 6.07) is 3.91. The van der Waals surface area contributed by atoms with Gasteiger partial charge in [-0.3, -0.25) is 9.69 Å². The topological polar surface area (TPSA) is 83.7 Å². The molecule has 2 heterocycles. The van der Waals surface area contributed by atoms with Crippen LogP contribution in [0.4, 0.5) is 4.39 Å². The van der Waals surface area contributed by atoms with Gasteiger partial charge in [-0.05, 0) is 56.6 Å². The Morgan fingerprint density at radius 2 is 1.88 bits per heavy atom. The average Bonchev–Trinajstić information content (AvgIpc) is 2.45. The molecule has 24 heavy (non-hydrogen) atoms. The summed E-state index contributed by atoms with van der Waals surface area (Å²) in [5.41, 5.74) is 5.75. The van der Waals surface area contributed by atoms with E-state index in [1.54, 1.807) is 6.92 Å². The predicted molar refractivity (Wildman–Crippen MR) is 87.2 cm³/mol. The van der Waals surface area contributed by atoms with Gasteiger partial charge in [0.15, 0.2) is 0 Å². The minimum Gasteiger partial charge on any atom is -0.369 e. The number of hydrogen-bond donors (Lipinski definition) is 1. The molecule has 1 aromatic carbocycles. The molecule has 0 saturated carbocycles. The third kappa shape index (κ3) is 3.18. The molecule has 3 rings (SSSR count). The van der Waals surface area contributed by atoms with Gasteiger partial charge >= 0.3 is 0 Å². The number of rotatable bonds is 4. The Kier molecular flexibility index (Phi) is 4.63. The zero-order valence-electron chi connectivity index (χ0n) is 13.6. The number of likely N-dealkylation sites (tertiary alicyclic amines) is 1. The fraction of sp³-hybridized carbons (Fsp3) is 0.562. The second kappa shape index (κ2) is 6.42. The first kappa shape index (κ1) is 17.3. The summed E-state index contributed by atoms with van der Waals surface area (Å²) >= 11 is 0. The van der Waals surface area contributed by atoms with E-state index >= 15 is 0 Å². The zero-order valence-corrected chi connectivity index (χ0v) is 14.4. The Labute approximate surface area is 141 Å². The van der Waals surface area contributed by atoms with Crippen molar-refractivity contribution in [2.45, 2.75) is 30.7 Å². The number of aryl methyl sites for hydroxylation is 1. The van der Waals surface area contributed by atoms with Gasteiger partial charge in [-0.25, -0.2) is 12.8 Å². The van der Waals surface area contributed by atoms with Crippen LogP contribution in [0.5, 0.6) is 0 Å². The van der Waals surface area contributed by atoms with E-state index < -0.39 is 15.8 Å². The third-order valence-corrected chi connectivity index (χ3v) is 7.02. The number of nitrogens with two attached hydrogens (primary N) is 1. The van der Waals surface area contributed by atoms with Crippen molar-refractivity contribution in [3.8, 4) is 0 Å². The molecule has 2 N–H and O–H groups in total. The maximum Gasteiger partial charge on any atom is 0.243 e. The van der Waals surface area contributed by atoms with Crippen molar-refractivity contribution in [2.75, 3.05) is 26.2 Å². The Bertz CT molecular complexity index is 739. The largest absolute Gasteiger partial charge is 0.369 e. The van der Waals surface area contributed by atoms with Gasteiger partial charge in [-0.2, -0.15) is 4.31 Å². The van der Waals surface area contributed by atoms with Crippen LogP contribution in [0.3, 0.4) is 0 Å². The third-order valence-electron chi connectivity index (χ3n) is 5.03. The summed E-state index contributed by atoms with van der Waals surface area (Å²) in [6.45, 7) is 3.99. The maximum atomic E-state index is 13.2.